The first kappa shape index (κ1) is 15.5. The van der Waals surface area contributed by atoms with Crippen molar-refractivity contribution >= 4 is 21.9 Å². The second-order valence-corrected chi connectivity index (χ2v) is 5.27. The van der Waals surface area contributed by atoms with Crippen LogP contribution in [0.5, 0.6) is 5.75 Å². The van der Waals surface area contributed by atoms with E-state index >= 15 is 0 Å². The number of benzene rings is 1. The Morgan fingerprint density at radius 2 is 2.19 bits per heavy atom. The van der Waals surface area contributed by atoms with Crippen LogP contribution in [0.25, 0.3) is 11.3 Å². The van der Waals surface area contributed by atoms with Gasteiger partial charge in [0, 0.05) is 22.8 Å². The van der Waals surface area contributed by atoms with Gasteiger partial charge >= 0.3 is 5.97 Å². The number of ether oxygens (including phenoxy) is 2. The van der Waals surface area contributed by atoms with Crippen LogP contribution < -0.4 is 4.74 Å². The molecule has 0 aliphatic rings. The molecule has 2 rings (SSSR count). The van der Waals surface area contributed by atoms with Crippen molar-refractivity contribution in [2.75, 3.05) is 20.3 Å². The number of aromatic nitrogens is 2. The smallest absolute Gasteiger partial charge is 0.339 e. The molecule has 0 amide bonds. The maximum atomic E-state index is 11.4. The van der Waals surface area contributed by atoms with Crippen molar-refractivity contribution in [2.45, 2.75) is 6.92 Å². The second-order valence-electron chi connectivity index (χ2n) is 4.36. The molecule has 7 heteroatoms. The lowest BCUT2D eigenvalue weighted by Crippen LogP contribution is -2.06. The lowest BCUT2D eigenvalue weighted by Gasteiger charge is -2.11. The van der Waals surface area contributed by atoms with Gasteiger partial charge in [0.15, 0.2) is 0 Å². The largest absolute Gasteiger partial charge is 0.490 e. The third kappa shape index (κ3) is 3.43. The summed E-state index contributed by atoms with van der Waals surface area (Å²) in [6.45, 7) is 2.49. The van der Waals surface area contributed by atoms with Crippen LogP contribution in [-0.2, 0) is 4.74 Å². The average molecular weight is 355 g/mol. The van der Waals surface area contributed by atoms with Crippen LogP contribution in [0.3, 0.4) is 0 Å². The fourth-order valence-corrected chi connectivity index (χ4v) is 2.29. The number of nitrogens with zero attached hydrogens (tertiary/aromatic N) is 1. The van der Waals surface area contributed by atoms with Crippen LogP contribution in [0.15, 0.2) is 22.7 Å². The molecule has 2 N–H and O–H groups in total. The number of nitrogens with one attached hydrogen (secondary N) is 1. The van der Waals surface area contributed by atoms with Crippen molar-refractivity contribution < 1.29 is 19.4 Å². The van der Waals surface area contributed by atoms with E-state index in [4.69, 9.17) is 9.47 Å². The Kier molecular flexibility index (Phi) is 4.98. The van der Waals surface area contributed by atoms with Crippen molar-refractivity contribution in [1.29, 1.82) is 0 Å². The van der Waals surface area contributed by atoms with Crippen LogP contribution >= 0.6 is 15.9 Å². The number of rotatable bonds is 6. The van der Waals surface area contributed by atoms with Crippen molar-refractivity contribution in [3.8, 4) is 17.0 Å². The van der Waals surface area contributed by atoms with Gasteiger partial charge in [0.25, 0.3) is 0 Å². The molecule has 6 nitrogen and oxygen atoms in total. The molecule has 0 aliphatic heterocycles. The van der Waals surface area contributed by atoms with Crippen molar-refractivity contribution in [2.24, 2.45) is 0 Å². The fourth-order valence-electron chi connectivity index (χ4n) is 1.93. The Bertz CT molecular complexity index is 654. The highest BCUT2D eigenvalue weighted by Crippen LogP contribution is 2.34. The zero-order valence-corrected chi connectivity index (χ0v) is 13.2. The topological polar surface area (TPSA) is 84.4 Å². The SMILES string of the molecule is COCCOc1ccc(Br)cc1-c1n[nH]c(C)c1C(=O)O. The van der Waals surface area contributed by atoms with E-state index < -0.39 is 5.97 Å². The van der Waals surface area contributed by atoms with E-state index in [0.717, 1.165) is 4.47 Å². The highest BCUT2D eigenvalue weighted by molar-refractivity contribution is 9.10. The lowest BCUT2D eigenvalue weighted by molar-refractivity contribution is 0.0697. The number of methoxy groups -OCH3 is 1. The molecular formula is C14H15BrN2O4. The summed E-state index contributed by atoms with van der Waals surface area (Å²) in [7, 11) is 1.59. The quantitative estimate of drug-likeness (QED) is 0.779. The van der Waals surface area contributed by atoms with E-state index in [-0.39, 0.29) is 5.56 Å². The molecular weight excluding hydrogens is 340 g/mol. The monoisotopic (exact) mass is 354 g/mol. The average Bonchev–Trinajstić information content (AvgIpc) is 2.82. The van der Waals surface area contributed by atoms with E-state index in [0.29, 0.717) is 35.9 Å². The second kappa shape index (κ2) is 6.73. The maximum Gasteiger partial charge on any atom is 0.339 e. The summed E-state index contributed by atoms with van der Waals surface area (Å²) in [5, 5.41) is 16.1. The maximum absolute atomic E-state index is 11.4. The van der Waals surface area contributed by atoms with Gasteiger partial charge in [0.05, 0.1) is 6.61 Å². The number of aryl methyl sites for hydroxylation is 1. The lowest BCUT2D eigenvalue weighted by atomic mass is 10.1. The molecule has 0 aliphatic carbocycles. The third-order valence-corrected chi connectivity index (χ3v) is 3.40. The minimum atomic E-state index is -1.03. The summed E-state index contributed by atoms with van der Waals surface area (Å²) in [5.74, 6) is -0.469. The Labute approximate surface area is 130 Å². The number of carboxylic acids is 1. The van der Waals surface area contributed by atoms with Gasteiger partial charge in [-0.25, -0.2) is 4.79 Å². The number of halogens is 1. The normalized spacial score (nSPS) is 10.6. The summed E-state index contributed by atoms with van der Waals surface area (Å²) in [5.41, 5.74) is 1.61. The molecule has 0 radical (unpaired) electrons. The standard InChI is InChI=1S/C14H15BrN2O4/c1-8-12(14(18)19)13(17-16-8)10-7-9(15)3-4-11(10)21-6-5-20-2/h3-4,7H,5-6H2,1-2H3,(H,16,17)(H,18,19). The third-order valence-electron chi connectivity index (χ3n) is 2.90. The van der Waals surface area contributed by atoms with Gasteiger partial charge in [-0.15, -0.1) is 0 Å². The van der Waals surface area contributed by atoms with Crippen LogP contribution in [0, 0.1) is 6.92 Å². The first-order valence-corrected chi connectivity index (χ1v) is 7.03. The molecule has 0 saturated heterocycles. The van der Waals surface area contributed by atoms with Crippen molar-refractivity contribution in [3.05, 3.63) is 33.9 Å². The number of hydrogen-bond acceptors (Lipinski definition) is 4. The van der Waals surface area contributed by atoms with Crippen molar-refractivity contribution in [3.63, 3.8) is 0 Å². The number of aromatic amines is 1. The number of aromatic carboxylic acids is 1. The minimum absolute atomic E-state index is 0.143. The van der Waals surface area contributed by atoms with E-state index in [9.17, 15) is 9.90 Å². The van der Waals surface area contributed by atoms with Gasteiger partial charge in [-0.05, 0) is 25.1 Å². The predicted molar refractivity (Wildman–Crippen MR) is 80.8 cm³/mol. The van der Waals surface area contributed by atoms with Crippen LogP contribution in [-0.4, -0.2) is 41.6 Å². The summed E-state index contributed by atoms with van der Waals surface area (Å²) in [6, 6.07) is 5.38. The Morgan fingerprint density at radius 3 is 2.86 bits per heavy atom. The van der Waals surface area contributed by atoms with E-state index in [1.807, 2.05) is 6.07 Å². The molecule has 112 valence electrons. The van der Waals surface area contributed by atoms with E-state index in [1.54, 1.807) is 26.2 Å². The van der Waals surface area contributed by atoms with Crippen molar-refractivity contribution in [1.82, 2.24) is 10.2 Å². The van der Waals surface area contributed by atoms with Gasteiger partial charge in [0.1, 0.15) is 23.6 Å². The number of carbonyl (C=O) groups is 1. The molecule has 1 heterocycles. The number of hydrogen-bond donors (Lipinski definition) is 2. The summed E-state index contributed by atoms with van der Waals surface area (Å²) >= 11 is 3.38. The van der Waals surface area contributed by atoms with Crippen LogP contribution in [0.4, 0.5) is 0 Å². The van der Waals surface area contributed by atoms with Crippen LogP contribution in [0.2, 0.25) is 0 Å². The first-order chi connectivity index (χ1) is 10.0. The predicted octanol–water partition coefficient (Wildman–Crippen LogP) is 2.87. The summed E-state index contributed by atoms with van der Waals surface area (Å²) < 4.78 is 11.4. The molecule has 0 atom stereocenters. The van der Waals surface area contributed by atoms with Gasteiger partial charge in [-0.1, -0.05) is 15.9 Å². The summed E-state index contributed by atoms with van der Waals surface area (Å²) in [6.07, 6.45) is 0. The minimum Gasteiger partial charge on any atom is -0.490 e. The molecule has 21 heavy (non-hydrogen) atoms. The Hall–Kier alpha value is -1.86. The summed E-state index contributed by atoms with van der Waals surface area (Å²) in [4.78, 5) is 11.4. The Morgan fingerprint density at radius 1 is 1.43 bits per heavy atom. The molecule has 0 spiro atoms. The zero-order valence-electron chi connectivity index (χ0n) is 11.6. The van der Waals surface area contributed by atoms with E-state index in [1.165, 1.54) is 0 Å². The molecule has 1 aromatic heterocycles. The molecule has 2 aromatic rings. The van der Waals surface area contributed by atoms with Gasteiger partial charge < -0.3 is 14.6 Å². The molecule has 0 bridgehead atoms. The highest BCUT2D eigenvalue weighted by Gasteiger charge is 2.21. The molecule has 0 unspecified atom stereocenters. The van der Waals surface area contributed by atoms with Gasteiger partial charge in [-0.3, -0.25) is 5.10 Å². The molecule has 0 fully saturated rings. The van der Waals surface area contributed by atoms with Gasteiger partial charge in [0.2, 0.25) is 0 Å². The molecule has 0 saturated carbocycles. The van der Waals surface area contributed by atoms with Gasteiger partial charge in [-0.2, -0.15) is 5.10 Å². The number of carboxylic acid groups (broad SMARTS) is 1. The highest BCUT2D eigenvalue weighted by atomic mass is 79.9. The van der Waals surface area contributed by atoms with E-state index in [2.05, 4.69) is 26.1 Å². The van der Waals surface area contributed by atoms with Crippen LogP contribution in [0.1, 0.15) is 16.1 Å². The number of H-pyrrole nitrogens is 1. The fraction of sp³-hybridized carbons (Fsp3) is 0.286. The molecule has 1 aromatic carbocycles. The zero-order chi connectivity index (χ0) is 15.4. The Balaban J connectivity index is 2.47. The first-order valence-electron chi connectivity index (χ1n) is 6.24.